The van der Waals surface area contributed by atoms with Crippen LogP contribution in [0.15, 0.2) is 48.0 Å². The Hall–Kier alpha value is -0.794. The molecule has 0 spiro atoms. The average Bonchev–Trinajstić information content (AvgIpc) is 3.21. The zero-order valence-corrected chi connectivity index (χ0v) is 24.1. The van der Waals surface area contributed by atoms with Crippen LogP contribution in [0.2, 0.25) is 0 Å². The molecule has 3 rings (SSSR count). The summed E-state index contributed by atoms with van der Waals surface area (Å²) in [6.07, 6.45) is 6.08. The summed E-state index contributed by atoms with van der Waals surface area (Å²) < 4.78 is 38.6. The predicted octanol–water partition coefficient (Wildman–Crippen LogP) is 0.189. The molecule has 0 unspecified atom stereocenters. The van der Waals surface area contributed by atoms with Gasteiger partial charge in [0.25, 0.3) is 5.91 Å². The third kappa shape index (κ3) is 7.11. The molecule has 0 N–H and O–H groups in total. The van der Waals surface area contributed by atoms with E-state index in [9.17, 15) is 17.8 Å². The molecule has 2 aliphatic heterocycles. The topological polar surface area (TPSA) is 93.2 Å². The molecule has 1 aromatic carbocycles. The first-order valence-electron chi connectivity index (χ1n) is 10.8. The van der Waals surface area contributed by atoms with Crippen molar-refractivity contribution < 1.29 is 73.9 Å². The number of thiocarbonyl (C=S) groups is 1. The Labute approximate surface area is 243 Å². The third-order valence-electron chi connectivity index (χ3n) is 5.31. The van der Waals surface area contributed by atoms with Gasteiger partial charge in [0.2, 0.25) is 5.88 Å². The van der Waals surface area contributed by atoms with Gasteiger partial charge in [-0.3, -0.25) is 9.69 Å². The number of allylic oxidation sites excluding steroid dienone is 2. The van der Waals surface area contributed by atoms with Crippen molar-refractivity contribution in [1.82, 2.24) is 9.80 Å². The van der Waals surface area contributed by atoms with Crippen LogP contribution in [0.4, 0.5) is 5.69 Å². The average molecular weight is 518 g/mol. The molecule has 1 amide bonds. The fourth-order valence-electron chi connectivity index (χ4n) is 3.68. The number of fused-ring (bicyclic) bond motifs is 1. The molecular weight excluding hydrogens is 489 g/mol. The number of amides is 1. The van der Waals surface area contributed by atoms with Crippen LogP contribution in [0.25, 0.3) is 0 Å². The second-order valence-electron chi connectivity index (χ2n) is 7.58. The molecular formula is C22H28KN3O5S2. The first-order chi connectivity index (χ1) is 15.3. The van der Waals surface area contributed by atoms with Crippen molar-refractivity contribution >= 4 is 39.0 Å². The first kappa shape index (κ1) is 28.4. The molecule has 0 radical (unpaired) electrons. The zero-order chi connectivity index (χ0) is 23.3. The Balaban J connectivity index is 0.00000385. The Morgan fingerprint density at radius 1 is 1.03 bits per heavy atom. The number of benzene rings is 1. The monoisotopic (exact) mass is 517 g/mol. The van der Waals surface area contributed by atoms with Gasteiger partial charge in [0, 0.05) is 31.5 Å². The smallest absolute Gasteiger partial charge is 0.748 e. The number of rotatable bonds is 10. The van der Waals surface area contributed by atoms with Gasteiger partial charge in [-0.05, 0) is 56.6 Å². The van der Waals surface area contributed by atoms with E-state index in [4.69, 9.17) is 17.0 Å². The minimum absolute atomic E-state index is 0. The van der Waals surface area contributed by atoms with Gasteiger partial charge in [0.1, 0.15) is 5.70 Å². The number of carbonyl (C=O) groups is 1. The summed E-state index contributed by atoms with van der Waals surface area (Å²) >= 11 is 5.51. The minimum atomic E-state index is -4.23. The fraction of sp³-hybridized carbons (Fsp3) is 0.455. The van der Waals surface area contributed by atoms with E-state index in [1.807, 2.05) is 41.0 Å². The quantitative estimate of drug-likeness (QED) is 0.143. The standard InChI is InChI=1S/C22H29N3O5S2.K/c1-3-5-14-25-21(26)18(23(4-2)22(25)31)12-13-20-24(15-8-9-16-32(27,28)29)17-10-6-7-11-19(17)30-20;/h6-7,10-13H,3-5,8-9,14-16H2,1-2H3,(H,27,28,29);/q;+1/p-1/b18-12-,20-13+;. The van der Waals surface area contributed by atoms with Crippen LogP contribution in [0.1, 0.15) is 39.5 Å². The van der Waals surface area contributed by atoms with Crippen molar-refractivity contribution in [3.8, 4) is 5.75 Å². The van der Waals surface area contributed by atoms with Crippen molar-refractivity contribution in [2.45, 2.75) is 39.5 Å². The molecule has 2 heterocycles. The van der Waals surface area contributed by atoms with E-state index in [0.717, 1.165) is 18.5 Å². The SMILES string of the molecule is CCCCN1C(=O)/C(=C/C=C2/Oc3ccccc3N2CCCCS(=O)(=O)[O-])N(CC)C1=S.[K+]. The summed E-state index contributed by atoms with van der Waals surface area (Å²) in [6.45, 7) is 5.67. The summed E-state index contributed by atoms with van der Waals surface area (Å²) in [7, 11) is -4.23. The summed E-state index contributed by atoms with van der Waals surface area (Å²) in [4.78, 5) is 18.3. The normalized spacial score (nSPS) is 18.2. The van der Waals surface area contributed by atoms with Gasteiger partial charge in [-0.25, -0.2) is 8.42 Å². The number of carbonyl (C=O) groups excluding carboxylic acids is 1. The zero-order valence-electron chi connectivity index (χ0n) is 19.3. The van der Waals surface area contributed by atoms with E-state index < -0.39 is 15.9 Å². The number of likely N-dealkylation sites (N-methyl/N-ethyl adjacent to an activating group) is 1. The number of hydrogen-bond acceptors (Lipinski definition) is 7. The molecule has 0 saturated carbocycles. The number of para-hydroxylation sites is 2. The first-order valence-corrected chi connectivity index (χ1v) is 12.8. The van der Waals surface area contributed by atoms with Crippen LogP contribution in [0, 0.1) is 0 Å². The Kier molecular flexibility index (Phi) is 11.0. The second kappa shape index (κ2) is 12.8. The van der Waals surface area contributed by atoms with E-state index in [1.165, 1.54) is 0 Å². The predicted molar refractivity (Wildman–Crippen MR) is 126 cm³/mol. The van der Waals surface area contributed by atoms with Crippen LogP contribution in [-0.4, -0.2) is 59.2 Å². The molecule has 0 aliphatic carbocycles. The number of ether oxygens (including phenoxy) is 1. The van der Waals surface area contributed by atoms with Crippen molar-refractivity contribution in [1.29, 1.82) is 0 Å². The number of nitrogens with zero attached hydrogens (tertiary/aromatic N) is 3. The summed E-state index contributed by atoms with van der Waals surface area (Å²) in [5.74, 6) is 0.700. The van der Waals surface area contributed by atoms with Crippen LogP contribution in [0.3, 0.4) is 0 Å². The maximum absolute atomic E-state index is 13.0. The van der Waals surface area contributed by atoms with E-state index in [0.29, 0.717) is 48.5 Å². The molecule has 2 aliphatic rings. The molecule has 1 saturated heterocycles. The van der Waals surface area contributed by atoms with Crippen LogP contribution < -0.4 is 61.0 Å². The van der Waals surface area contributed by atoms with Gasteiger partial charge in [0.05, 0.1) is 15.8 Å². The Morgan fingerprint density at radius 3 is 2.39 bits per heavy atom. The van der Waals surface area contributed by atoms with E-state index >= 15 is 0 Å². The van der Waals surface area contributed by atoms with Gasteiger partial charge in [0.15, 0.2) is 10.9 Å². The molecule has 1 fully saturated rings. The number of anilines is 1. The molecule has 0 aromatic heterocycles. The number of unbranched alkanes of at least 4 members (excludes halogenated alkanes) is 2. The molecule has 11 heteroatoms. The molecule has 33 heavy (non-hydrogen) atoms. The van der Waals surface area contributed by atoms with Crippen LogP contribution in [0.5, 0.6) is 5.75 Å². The van der Waals surface area contributed by atoms with Gasteiger partial charge < -0.3 is 19.1 Å². The van der Waals surface area contributed by atoms with E-state index in [-0.39, 0.29) is 63.7 Å². The third-order valence-corrected chi connectivity index (χ3v) is 6.54. The summed E-state index contributed by atoms with van der Waals surface area (Å²) in [5.41, 5.74) is 1.35. The molecule has 1 aromatic rings. The minimum Gasteiger partial charge on any atom is -0.748 e. The van der Waals surface area contributed by atoms with Crippen LogP contribution >= 0.6 is 12.2 Å². The van der Waals surface area contributed by atoms with E-state index in [1.54, 1.807) is 17.1 Å². The molecule has 174 valence electrons. The molecule has 8 nitrogen and oxygen atoms in total. The fourth-order valence-corrected chi connectivity index (χ4v) is 4.64. The van der Waals surface area contributed by atoms with Crippen LogP contribution in [-0.2, 0) is 14.9 Å². The molecule has 0 bridgehead atoms. The van der Waals surface area contributed by atoms with Crippen molar-refractivity contribution in [3.05, 3.63) is 48.0 Å². The van der Waals surface area contributed by atoms with Crippen molar-refractivity contribution in [3.63, 3.8) is 0 Å². The van der Waals surface area contributed by atoms with Gasteiger partial charge in [-0.1, -0.05) is 25.5 Å². The number of hydrogen-bond donors (Lipinski definition) is 0. The molecule has 0 atom stereocenters. The summed E-state index contributed by atoms with van der Waals surface area (Å²) in [5, 5.41) is 0.516. The van der Waals surface area contributed by atoms with Gasteiger partial charge in [-0.15, -0.1) is 0 Å². The Bertz CT molecular complexity index is 1040. The van der Waals surface area contributed by atoms with Gasteiger partial charge >= 0.3 is 51.4 Å². The van der Waals surface area contributed by atoms with Gasteiger partial charge in [-0.2, -0.15) is 0 Å². The Morgan fingerprint density at radius 2 is 1.73 bits per heavy atom. The van der Waals surface area contributed by atoms with Crippen molar-refractivity contribution in [2.75, 3.05) is 30.3 Å². The summed E-state index contributed by atoms with van der Waals surface area (Å²) in [6, 6.07) is 7.52. The van der Waals surface area contributed by atoms with Crippen molar-refractivity contribution in [2.24, 2.45) is 0 Å². The maximum atomic E-state index is 13.0. The van der Waals surface area contributed by atoms with E-state index in [2.05, 4.69) is 6.92 Å². The maximum Gasteiger partial charge on any atom is 1.00 e. The largest absolute Gasteiger partial charge is 1.00 e. The second-order valence-corrected chi connectivity index (χ2v) is 9.47.